The van der Waals surface area contributed by atoms with E-state index in [-0.39, 0.29) is 10.6 Å². The van der Waals surface area contributed by atoms with E-state index in [1.54, 1.807) is 12.1 Å². The molecule has 0 saturated carbocycles. The number of halogens is 4. The van der Waals surface area contributed by atoms with Gasteiger partial charge in [-0.3, -0.25) is 0 Å². The van der Waals surface area contributed by atoms with Gasteiger partial charge in [0.05, 0.1) is 10.7 Å². The molecule has 2 aromatic carbocycles. The third kappa shape index (κ3) is 3.91. The Kier molecular flexibility index (Phi) is 6.05. The lowest BCUT2D eigenvalue weighted by atomic mass is 10.1. The van der Waals surface area contributed by atoms with Crippen LogP contribution in [0, 0.1) is 9.39 Å². The van der Waals surface area contributed by atoms with Gasteiger partial charge in [0.2, 0.25) is 6.10 Å². The van der Waals surface area contributed by atoms with Crippen molar-refractivity contribution in [2.45, 2.75) is 6.10 Å². The highest BCUT2D eigenvalue weighted by molar-refractivity contribution is 14.1. The third-order valence-corrected chi connectivity index (χ3v) is 5.57. The summed E-state index contributed by atoms with van der Waals surface area (Å²) in [6.45, 7) is 0. The van der Waals surface area contributed by atoms with Gasteiger partial charge in [0.1, 0.15) is 11.6 Å². The second kappa shape index (κ2) is 7.61. The van der Waals surface area contributed by atoms with Crippen LogP contribution >= 0.6 is 50.1 Å². The number of esters is 1. The molecule has 116 valence electrons. The second-order valence-electron chi connectivity index (χ2n) is 4.24. The Labute approximate surface area is 154 Å². The van der Waals surface area contributed by atoms with Crippen molar-refractivity contribution in [1.82, 2.24) is 0 Å². The average molecular weight is 500 g/mol. The van der Waals surface area contributed by atoms with Crippen molar-refractivity contribution in [3.05, 3.63) is 60.8 Å². The Bertz CT molecular complexity index is 711. The standard InChI is InChI=1S/C15H10BrClFIO3/c1-21-15(20)14(9-6-5-8(17)7-11(9)18)22-12-4-2-3-10(16)13(12)19/h2-7,14H,1H3. The van der Waals surface area contributed by atoms with Crippen molar-refractivity contribution in [2.75, 3.05) is 7.11 Å². The Hall–Kier alpha value is -0.860. The molecule has 0 spiro atoms. The van der Waals surface area contributed by atoms with E-state index in [2.05, 4.69) is 38.5 Å². The fourth-order valence-corrected chi connectivity index (χ4v) is 2.76. The molecule has 0 fully saturated rings. The number of hydrogen-bond acceptors (Lipinski definition) is 3. The molecule has 0 aromatic heterocycles. The van der Waals surface area contributed by atoms with Crippen LogP contribution in [0.3, 0.4) is 0 Å². The van der Waals surface area contributed by atoms with Gasteiger partial charge in [-0.2, -0.15) is 0 Å². The molecule has 3 nitrogen and oxygen atoms in total. The zero-order chi connectivity index (χ0) is 16.3. The van der Waals surface area contributed by atoms with Gasteiger partial charge in [-0.05, 0) is 62.8 Å². The summed E-state index contributed by atoms with van der Waals surface area (Å²) in [7, 11) is 1.22. The highest BCUT2D eigenvalue weighted by Gasteiger charge is 2.27. The summed E-state index contributed by atoms with van der Waals surface area (Å²) < 4.78 is 26.1. The van der Waals surface area contributed by atoms with Crippen molar-refractivity contribution < 1.29 is 18.7 Å². The summed E-state index contributed by atoms with van der Waals surface area (Å²) in [5.41, 5.74) is 0.0621. The number of methoxy groups -OCH3 is 1. The quantitative estimate of drug-likeness (QED) is 0.432. The fourth-order valence-electron chi connectivity index (χ4n) is 1.76. The summed E-state index contributed by atoms with van der Waals surface area (Å²) in [5.74, 6) is -0.885. The topological polar surface area (TPSA) is 35.5 Å². The van der Waals surface area contributed by atoms with Crippen LogP contribution in [0.5, 0.6) is 5.75 Å². The molecule has 1 unspecified atom stereocenters. The van der Waals surface area contributed by atoms with Crippen LogP contribution in [0.25, 0.3) is 0 Å². The minimum absolute atomic E-state index is 0.0621. The third-order valence-electron chi connectivity index (χ3n) is 2.82. The first-order valence-electron chi connectivity index (χ1n) is 6.07. The number of hydrogen-bond donors (Lipinski definition) is 0. The fraction of sp³-hybridized carbons (Fsp3) is 0.133. The first-order valence-corrected chi connectivity index (χ1v) is 8.32. The van der Waals surface area contributed by atoms with Gasteiger partial charge in [0, 0.05) is 15.1 Å². The molecule has 1 atom stereocenters. The second-order valence-corrected chi connectivity index (χ2v) is 6.61. The molecule has 0 aliphatic rings. The van der Waals surface area contributed by atoms with Crippen LogP contribution in [0.15, 0.2) is 40.9 Å². The van der Waals surface area contributed by atoms with Crippen LogP contribution < -0.4 is 4.74 Å². The molecule has 22 heavy (non-hydrogen) atoms. The molecule has 7 heteroatoms. The number of carbonyl (C=O) groups is 1. The number of carbonyl (C=O) groups excluding carboxylic acids is 1. The zero-order valence-electron chi connectivity index (χ0n) is 11.3. The number of benzene rings is 2. The lowest BCUT2D eigenvalue weighted by Gasteiger charge is -2.19. The van der Waals surface area contributed by atoms with E-state index < -0.39 is 17.9 Å². The Morgan fingerprint density at radius 3 is 2.73 bits per heavy atom. The van der Waals surface area contributed by atoms with E-state index in [4.69, 9.17) is 21.1 Å². The molecule has 0 amide bonds. The highest BCUT2D eigenvalue weighted by Crippen LogP contribution is 2.33. The molecule has 0 radical (unpaired) electrons. The van der Waals surface area contributed by atoms with E-state index in [1.165, 1.54) is 19.2 Å². The molecule has 0 heterocycles. The first-order chi connectivity index (χ1) is 10.4. The van der Waals surface area contributed by atoms with E-state index in [1.807, 2.05) is 6.07 Å². The maximum atomic E-state index is 14.1. The van der Waals surface area contributed by atoms with E-state index in [0.717, 1.165) is 14.1 Å². The minimum Gasteiger partial charge on any atom is -0.473 e. The Morgan fingerprint density at radius 2 is 2.09 bits per heavy atom. The van der Waals surface area contributed by atoms with Crippen molar-refractivity contribution >= 4 is 56.1 Å². The van der Waals surface area contributed by atoms with Crippen LogP contribution in [-0.2, 0) is 9.53 Å². The maximum absolute atomic E-state index is 14.1. The van der Waals surface area contributed by atoms with Crippen molar-refractivity contribution in [2.24, 2.45) is 0 Å². The van der Waals surface area contributed by atoms with Crippen molar-refractivity contribution in [3.63, 3.8) is 0 Å². The molecule has 2 rings (SSSR count). The SMILES string of the molecule is COC(=O)C(Oc1cccc(Br)c1I)c1ccc(Cl)cc1F. The van der Waals surface area contributed by atoms with Gasteiger partial charge in [-0.1, -0.05) is 23.7 Å². The van der Waals surface area contributed by atoms with Gasteiger partial charge in [0.25, 0.3) is 0 Å². The van der Waals surface area contributed by atoms with Gasteiger partial charge in [-0.15, -0.1) is 0 Å². The largest absolute Gasteiger partial charge is 0.473 e. The van der Waals surface area contributed by atoms with Crippen LogP contribution in [0.4, 0.5) is 4.39 Å². The summed E-state index contributed by atoms with van der Waals surface area (Å²) in [4.78, 5) is 12.0. The molecule has 2 aromatic rings. The van der Waals surface area contributed by atoms with Crippen molar-refractivity contribution in [1.29, 1.82) is 0 Å². The summed E-state index contributed by atoms with van der Waals surface area (Å²) >= 11 is 11.2. The molecular weight excluding hydrogens is 489 g/mol. The van der Waals surface area contributed by atoms with Gasteiger partial charge in [-0.25, -0.2) is 9.18 Å². The summed E-state index contributed by atoms with van der Waals surface area (Å²) in [6.07, 6.45) is -1.22. The molecule has 0 saturated heterocycles. The summed E-state index contributed by atoms with van der Waals surface area (Å²) in [5, 5.41) is 0.238. The average Bonchev–Trinajstić information content (AvgIpc) is 2.49. The molecule has 0 aliphatic carbocycles. The lowest BCUT2D eigenvalue weighted by Crippen LogP contribution is -2.21. The Balaban J connectivity index is 2.43. The molecule has 0 bridgehead atoms. The smallest absolute Gasteiger partial charge is 0.351 e. The number of rotatable bonds is 4. The van der Waals surface area contributed by atoms with Crippen molar-refractivity contribution in [3.8, 4) is 5.75 Å². The first kappa shape index (κ1) is 17.5. The molecule has 0 aliphatic heterocycles. The van der Waals surface area contributed by atoms with Gasteiger partial charge < -0.3 is 9.47 Å². The minimum atomic E-state index is -1.22. The molecular formula is C15H10BrClFIO3. The number of ether oxygens (including phenoxy) is 2. The van der Waals surface area contributed by atoms with Crippen LogP contribution in [-0.4, -0.2) is 13.1 Å². The maximum Gasteiger partial charge on any atom is 0.351 e. The van der Waals surface area contributed by atoms with Crippen LogP contribution in [0.2, 0.25) is 5.02 Å². The van der Waals surface area contributed by atoms with Crippen LogP contribution in [0.1, 0.15) is 11.7 Å². The van der Waals surface area contributed by atoms with Gasteiger partial charge >= 0.3 is 5.97 Å². The molecule has 0 N–H and O–H groups in total. The normalized spacial score (nSPS) is 11.9. The zero-order valence-corrected chi connectivity index (χ0v) is 15.8. The van der Waals surface area contributed by atoms with E-state index in [9.17, 15) is 9.18 Å². The Morgan fingerprint density at radius 1 is 1.36 bits per heavy atom. The predicted molar refractivity (Wildman–Crippen MR) is 93.7 cm³/mol. The highest BCUT2D eigenvalue weighted by atomic mass is 127. The van der Waals surface area contributed by atoms with E-state index >= 15 is 0 Å². The lowest BCUT2D eigenvalue weighted by molar-refractivity contribution is -0.149. The monoisotopic (exact) mass is 498 g/mol. The van der Waals surface area contributed by atoms with Gasteiger partial charge in [0.15, 0.2) is 0 Å². The predicted octanol–water partition coefficient (Wildman–Crippen LogP) is 5.14. The van der Waals surface area contributed by atoms with E-state index in [0.29, 0.717) is 5.75 Å². The summed E-state index contributed by atoms with van der Waals surface area (Å²) in [6, 6.07) is 9.31.